The van der Waals surface area contributed by atoms with Gasteiger partial charge in [-0.05, 0) is 42.7 Å². The fourth-order valence-corrected chi connectivity index (χ4v) is 2.47. The predicted octanol–water partition coefficient (Wildman–Crippen LogP) is 4.98. The zero-order valence-electron chi connectivity index (χ0n) is 12.6. The second-order valence-electron chi connectivity index (χ2n) is 5.12. The summed E-state index contributed by atoms with van der Waals surface area (Å²) in [4.78, 5) is 0. The van der Waals surface area contributed by atoms with Crippen LogP contribution in [0, 0.1) is 0 Å². The Labute approximate surface area is 132 Å². The van der Waals surface area contributed by atoms with Crippen LogP contribution in [0.1, 0.15) is 37.4 Å². The Hall–Kier alpha value is -1.51. The summed E-state index contributed by atoms with van der Waals surface area (Å²) in [6.45, 7) is 5.78. The molecule has 2 aromatic rings. The number of halogens is 1. The van der Waals surface area contributed by atoms with Crippen molar-refractivity contribution in [2.45, 2.75) is 32.9 Å². The van der Waals surface area contributed by atoms with Crippen LogP contribution in [0.3, 0.4) is 0 Å². The van der Waals surface area contributed by atoms with Gasteiger partial charge in [-0.3, -0.25) is 0 Å². The summed E-state index contributed by atoms with van der Waals surface area (Å²) in [5, 5.41) is 4.30. The number of hydrogen-bond acceptors (Lipinski definition) is 2. The third kappa shape index (κ3) is 4.76. The predicted molar refractivity (Wildman–Crippen MR) is 88.9 cm³/mol. The van der Waals surface area contributed by atoms with Crippen LogP contribution in [-0.4, -0.2) is 6.61 Å². The highest BCUT2D eigenvalue weighted by atomic mass is 35.5. The monoisotopic (exact) mass is 303 g/mol. The summed E-state index contributed by atoms with van der Waals surface area (Å²) in [6, 6.07) is 16.4. The largest absolute Gasteiger partial charge is 0.494 e. The van der Waals surface area contributed by atoms with Crippen LogP contribution in [0.15, 0.2) is 48.5 Å². The molecule has 0 amide bonds. The van der Waals surface area contributed by atoms with Crippen LogP contribution in [0.4, 0.5) is 0 Å². The molecule has 112 valence electrons. The standard InChI is InChI=1S/C18H22ClNO/c1-3-11-21-16-8-6-7-15(12-16)13-20-14(2)17-9-4-5-10-18(17)19/h4-10,12,14,20H,3,11,13H2,1-2H3. The van der Waals surface area contributed by atoms with E-state index in [4.69, 9.17) is 16.3 Å². The molecule has 2 nitrogen and oxygen atoms in total. The van der Waals surface area contributed by atoms with Gasteiger partial charge < -0.3 is 10.1 Å². The van der Waals surface area contributed by atoms with Crippen molar-refractivity contribution in [3.8, 4) is 5.75 Å². The van der Waals surface area contributed by atoms with Gasteiger partial charge in [0.25, 0.3) is 0 Å². The van der Waals surface area contributed by atoms with E-state index < -0.39 is 0 Å². The van der Waals surface area contributed by atoms with Crippen molar-refractivity contribution < 1.29 is 4.74 Å². The number of benzene rings is 2. The van der Waals surface area contributed by atoms with Crippen molar-refractivity contribution in [2.24, 2.45) is 0 Å². The normalized spacial score (nSPS) is 12.1. The number of ether oxygens (including phenoxy) is 1. The fourth-order valence-electron chi connectivity index (χ4n) is 2.17. The van der Waals surface area contributed by atoms with Crippen LogP contribution in [0.5, 0.6) is 5.75 Å². The molecule has 0 bridgehead atoms. The highest BCUT2D eigenvalue weighted by Crippen LogP contribution is 2.22. The van der Waals surface area contributed by atoms with Gasteiger partial charge in [0.2, 0.25) is 0 Å². The van der Waals surface area contributed by atoms with Gasteiger partial charge in [-0.25, -0.2) is 0 Å². The lowest BCUT2D eigenvalue weighted by molar-refractivity contribution is 0.317. The summed E-state index contributed by atoms with van der Waals surface area (Å²) in [5.74, 6) is 0.932. The zero-order chi connectivity index (χ0) is 15.1. The van der Waals surface area contributed by atoms with E-state index in [2.05, 4.69) is 37.4 Å². The van der Waals surface area contributed by atoms with Crippen LogP contribution in [-0.2, 0) is 6.54 Å². The van der Waals surface area contributed by atoms with Gasteiger partial charge in [-0.15, -0.1) is 0 Å². The number of rotatable bonds is 7. The second kappa shape index (κ2) is 8.06. The Bertz CT molecular complexity index is 571. The molecule has 0 saturated heterocycles. The Balaban J connectivity index is 1.95. The number of hydrogen-bond donors (Lipinski definition) is 1. The van der Waals surface area contributed by atoms with Crippen LogP contribution in [0.25, 0.3) is 0 Å². The van der Waals surface area contributed by atoms with Crippen molar-refractivity contribution in [1.29, 1.82) is 0 Å². The van der Waals surface area contributed by atoms with Crippen molar-refractivity contribution in [3.05, 3.63) is 64.7 Å². The van der Waals surface area contributed by atoms with E-state index in [0.29, 0.717) is 0 Å². The first kappa shape index (κ1) is 15.9. The molecule has 3 heteroatoms. The highest BCUT2D eigenvalue weighted by molar-refractivity contribution is 6.31. The van der Waals surface area contributed by atoms with Gasteiger partial charge in [0, 0.05) is 17.6 Å². The number of nitrogens with one attached hydrogen (secondary N) is 1. The molecule has 0 spiro atoms. The third-order valence-corrected chi connectivity index (χ3v) is 3.70. The first-order valence-electron chi connectivity index (χ1n) is 7.40. The van der Waals surface area contributed by atoms with E-state index >= 15 is 0 Å². The maximum atomic E-state index is 6.22. The average Bonchev–Trinajstić information content (AvgIpc) is 2.51. The average molecular weight is 304 g/mol. The summed E-state index contributed by atoms with van der Waals surface area (Å²) < 4.78 is 5.66. The van der Waals surface area contributed by atoms with Gasteiger partial charge >= 0.3 is 0 Å². The van der Waals surface area contributed by atoms with Gasteiger partial charge in [0.15, 0.2) is 0 Å². The molecule has 0 heterocycles. The smallest absolute Gasteiger partial charge is 0.119 e. The minimum Gasteiger partial charge on any atom is -0.494 e. The van der Waals surface area contributed by atoms with E-state index in [1.807, 2.05) is 30.3 Å². The van der Waals surface area contributed by atoms with E-state index in [1.54, 1.807) is 0 Å². The molecule has 1 unspecified atom stereocenters. The first-order chi connectivity index (χ1) is 10.2. The van der Waals surface area contributed by atoms with Crippen molar-refractivity contribution >= 4 is 11.6 Å². The highest BCUT2D eigenvalue weighted by Gasteiger charge is 2.08. The van der Waals surface area contributed by atoms with E-state index in [1.165, 1.54) is 5.56 Å². The fraction of sp³-hybridized carbons (Fsp3) is 0.333. The molecular formula is C18H22ClNO. The molecule has 0 radical (unpaired) electrons. The Kier molecular flexibility index (Phi) is 6.09. The van der Waals surface area contributed by atoms with E-state index in [0.717, 1.165) is 35.9 Å². The molecular weight excluding hydrogens is 282 g/mol. The lowest BCUT2D eigenvalue weighted by atomic mass is 10.1. The maximum Gasteiger partial charge on any atom is 0.119 e. The van der Waals surface area contributed by atoms with Crippen molar-refractivity contribution in [2.75, 3.05) is 6.61 Å². The van der Waals surface area contributed by atoms with E-state index in [9.17, 15) is 0 Å². The first-order valence-corrected chi connectivity index (χ1v) is 7.78. The van der Waals surface area contributed by atoms with E-state index in [-0.39, 0.29) is 6.04 Å². The second-order valence-corrected chi connectivity index (χ2v) is 5.53. The molecule has 0 aromatic heterocycles. The lowest BCUT2D eigenvalue weighted by Crippen LogP contribution is -2.18. The van der Waals surface area contributed by atoms with Gasteiger partial charge in [0.1, 0.15) is 5.75 Å². The SMILES string of the molecule is CCCOc1cccc(CNC(C)c2ccccc2Cl)c1. The Morgan fingerprint density at radius 1 is 1.14 bits per heavy atom. The van der Waals surface area contributed by atoms with Crippen molar-refractivity contribution in [3.63, 3.8) is 0 Å². The molecule has 21 heavy (non-hydrogen) atoms. The maximum absolute atomic E-state index is 6.22. The molecule has 1 N–H and O–H groups in total. The lowest BCUT2D eigenvalue weighted by Gasteiger charge is -2.16. The summed E-state index contributed by atoms with van der Waals surface area (Å²) >= 11 is 6.22. The summed E-state index contributed by atoms with van der Waals surface area (Å²) in [6.07, 6.45) is 1.02. The molecule has 0 aliphatic carbocycles. The quantitative estimate of drug-likeness (QED) is 0.779. The van der Waals surface area contributed by atoms with Crippen LogP contribution >= 0.6 is 11.6 Å². The summed E-state index contributed by atoms with van der Waals surface area (Å²) in [5.41, 5.74) is 2.33. The molecule has 2 aromatic carbocycles. The van der Waals surface area contributed by atoms with Gasteiger partial charge in [-0.2, -0.15) is 0 Å². The van der Waals surface area contributed by atoms with Crippen LogP contribution < -0.4 is 10.1 Å². The molecule has 0 fully saturated rings. The topological polar surface area (TPSA) is 21.3 Å². The van der Waals surface area contributed by atoms with Gasteiger partial charge in [0.05, 0.1) is 6.61 Å². The Morgan fingerprint density at radius 2 is 1.95 bits per heavy atom. The Morgan fingerprint density at radius 3 is 2.71 bits per heavy atom. The molecule has 0 aliphatic rings. The zero-order valence-corrected chi connectivity index (χ0v) is 13.4. The minimum absolute atomic E-state index is 0.207. The van der Waals surface area contributed by atoms with Crippen molar-refractivity contribution in [1.82, 2.24) is 5.32 Å². The molecule has 0 saturated carbocycles. The summed E-state index contributed by atoms with van der Waals surface area (Å²) in [7, 11) is 0. The van der Waals surface area contributed by atoms with Crippen LogP contribution in [0.2, 0.25) is 5.02 Å². The molecule has 2 rings (SSSR count). The molecule has 0 aliphatic heterocycles. The van der Waals surface area contributed by atoms with Gasteiger partial charge in [-0.1, -0.05) is 48.9 Å². The third-order valence-electron chi connectivity index (χ3n) is 3.36. The minimum atomic E-state index is 0.207. The molecule has 1 atom stereocenters.